The molecule has 16 nitrogen and oxygen atoms in total. The standard InChI is InChI=1S/C35H54N6O10/c1-19(2)26(39-31(46)27(20(3)4)40-34(49)51-35(7,8)9)30(45)38-24(17-25(42)41(10)11)29(44)36-21(5)28(43)32(47)37-22(6)33(48)50-18-23-15-13-12-14-16-23/h12-16,19-22,24,26-27H,17-18H2,1-11H3,(H,36,44)(H,37,47)(H,38,45)(H,39,46)(H,40,49). The molecule has 1 aromatic rings. The molecule has 284 valence electrons. The number of nitrogens with zero attached hydrogens (tertiary/aromatic N) is 1. The number of hydrogen-bond donors (Lipinski definition) is 5. The molecular formula is C35H54N6O10. The van der Waals surface area contributed by atoms with Gasteiger partial charge in [-0.1, -0.05) is 58.0 Å². The molecule has 5 unspecified atom stereocenters. The zero-order chi connectivity index (χ0) is 39.2. The fraction of sp³-hybridized carbons (Fsp3) is 0.600. The predicted molar refractivity (Wildman–Crippen MR) is 186 cm³/mol. The first-order chi connectivity index (χ1) is 23.5. The Morgan fingerprint density at radius 2 is 1.22 bits per heavy atom. The lowest BCUT2D eigenvalue weighted by Gasteiger charge is -2.29. The third kappa shape index (κ3) is 15.6. The highest BCUT2D eigenvalue weighted by Crippen LogP contribution is 2.11. The lowest BCUT2D eigenvalue weighted by atomic mass is 9.99. The van der Waals surface area contributed by atoms with Crippen LogP contribution in [0.2, 0.25) is 0 Å². The number of rotatable bonds is 17. The van der Waals surface area contributed by atoms with Gasteiger partial charge in [0, 0.05) is 14.1 Å². The van der Waals surface area contributed by atoms with Crippen molar-refractivity contribution in [3.05, 3.63) is 35.9 Å². The van der Waals surface area contributed by atoms with Gasteiger partial charge in [-0.05, 0) is 52.0 Å². The van der Waals surface area contributed by atoms with E-state index in [4.69, 9.17) is 9.47 Å². The van der Waals surface area contributed by atoms with Crippen molar-refractivity contribution in [1.29, 1.82) is 0 Å². The first-order valence-corrected chi connectivity index (χ1v) is 16.7. The maximum absolute atomic E-state index is 13.5. The van der Waals surface area contributed by atoms with E-state index >= 15 is 0 Å². The van der Waals surface area contributed by atoms with Gasteiger partial charge in [-0.3, -0.25) is 28.8 Å². The van der Waals surface area contributed by atoms with Gasteiger partial charge in [0.1, 0.15) is 36.4 Å². The Kier molecular flexibility index (Phi) is 17.2. The first-order valence-electron chi connectivity index (χ1n) is 16.7. The van der Waals surface area contributed by atoms with Gasteiger partial charge < -0.3 is 41.0 Å². The Bertz CT molecular complexity index is 1410. The molecule has 0 bridgehead atoms. The van der Waals surface area contributed by atoms with Gasteiger partial charge in [0.2, 0.25) is 29.4 Å². The number of ketones is 1. The van der Waals surface area contributed by atoms with Crippen LogP contribution in [0.5, 0.6) is 0 Å². The summed E-state index contributed by atoms with van der Waals surface area (Å²) in [6.07, 6.45) is -1.34. The highest BCUT2D eigenvalue weighted by molar-refractivity contribution is 6.38. The average molecular weight is 719 g/mol. The molecule has 0 heterocycles. The van der Waals surface area contributed by atoms with Gasteiger partial charge in [-0.25, -0.2) is 9.59 Å². The molecule has 1 aromatic carbocycles. The number of hydrogen-bond acceptors (Lipinski definition) is 10. The van der Waals surface area contributed by atoms with Crippen LogP contribution >= 0.6 is 0 Å². The van der Waals surface area contributed by atoms with Crippen LogP contribution in [0, 0.1) is 11.8 Å². The van der Waals surface area contributed by atoms with Crippen molar-refractivity contribution in [2.75, 3.05) is 14.1 Å². The van der Waals surface area contributed by atoms with E-state index in [1.807, 2.05) is 0 Å². The summed E-state index contributed by atoms with van der Waals surface area (Å²) in [6.45, 7) is 14.2. The second-order valence-electron chi connectivity index (χ2n) is 14.0. The third-order valence-corrected chi connectivity index (χ3v) is 7.28. The van der Waals surface area contributed by atoms with Crippen LogP contribution in [0.25, 0.3) is 0 Å². The van der Waals surface area contributed by atoms with E-state index in [0.29, 0.717) is 0 Å². The summed E-state index contributed by atoms with van der Waals surface area (Å²) in [4.78, 5) is 104. The van der Waals surface area contributed by atoms with Gasteiger partial charge in [0.15, 0.2) is 0 Å². The van der Waals surface area contributed by atoms with Gasteiger partial charge in [-0.2, -0.15) is 0 Å². The number of amides is 6. The summed E-state index contributed by atoms with van der Waals surface area (Å²) in [5.41, 5.74) is -0.0913. The maximum atomic E-state index is 13.5. The van der Waals surface area contributed by atoms with E-state index in [-0.39, 0.29) is 6.61 Å². The minimum Gasteiger partial charge on any atom is -0.459 e. The van der Waals surface area contributed by atoms with E-state index in [1.54, 1.807) is 78.8 Å². The smallest absolute Gasteiger partial charge is 0.408 e. The fourth-order valence-corrected chi connectivity index (χ4v) is 4.33. The van der Waals surface area contributed by atoms with E-state index in [1.165, 1.54) is 32.8 Å². The molecule has 0 spiro atoms. The molecule has 0 aliphatic heterocycles. The summed E-state index contributed by atoms with van der Waals surface area (Å²) >= 11 is 0. The topological polar surface area (TPSA) is 218 Å². The van der Waals surface area contributed by atoms with Crippen molar-refractivity contribution < 1.29 is 47.8 Å². The van der Waals surface area contributed by atoms with Crippen LogP contribution in [0.1, 0.15) is 74.3 Å². The maximum Gasteiger partial charge on any atom is 0.408 e. The van der Waals surface area contributed by atoms with Gasteiger partial charge in [-0.15, -0.1) is 0 Å². The van der Waals surface area contributed by atoms with Gasteiger partial charge in [0.05, 0.1) is 12.5 Å². The van der Waals surface area contributed by atoms with Crippen LogP contribution in [0.3, 0.4) is 0 Å². The number of esters is 1. The Morgan fingerprint density at radius 1 is 0.686 bits per heavy atom. The van der Waals surface area contributed by atoms with Crippen molar-refractivity contribution in [3.8, 4) is 0 Å². The molecule has 5 N–H and O–H groups in total. The molecule has 0 aromatic heterocycles. The minimum absolute atomic E-state index is 0.0400. The van der Waals surface area contributed by atoms with Crippen molar-refractivity contribution in [2.45, 2.75) is 111 Å². The largest absolute Gasteiger partial charge is 0.459 e. The van der Waals surface area contributed by atoms with Gasteiger partial charge in [0.25, 0.3) is 5.91 Å². The second-order valence-corrected chi connectivity index (χ2v) is 14.0. The highest BCUT2D eigenvalue weighted by Gasteiger charge is 2.35. The molecular weight excluding hydrogens is 664 g/mol. The van der Waals surface area contributed by atoms with Crippen LogP contribution in [-0.4, -0.2) is 102 Å². The molecule has 0 saturated heterocycles. The second kappa shape index (κ2) is 20.0. The van der Waals surface area contributed by atoms with Crippen molar-refractivity contribution in [3.63, 3.8) is 0 Å². The monoisotopic (exact) mass is 718 g/mol. The van der Waals surface area contributed by atoms with Crippen molar-refractivity contribution in [2.24, 2.45) is 11.8 Å². The summed E-state index contributed by atoms with van der Waals surface area (Å²) < 4.78 is 10.4. The average Bonchev–Trinajstić information content (AvgIpc) is 3.02. The zero-order valence-electron chi connectivity index (χ0n) is 31.4. The summed E-state index contributed by atoms with van der Waals surface area (Å²) in [6, 6.07) is 2.43. The van der Waals surface area contributed by atoms with E-state index in [0.717, 1.165) is 5.56 Å². The van der Waals surface area contributed by atoms with Crippen molar-refractivity contribution in [1.82, 2.24) is 31.5 Å². The lowest BCUT2D eigenvalue weighted by Crippen LogP contribution is -2.60. The number of ether oxygens (including phenoxy) is 2. The normalized spacial score (nSPS) is 14.1. The molecule has 5 atom stereocenters. The number of nitrogens with one attached hydrogen (secondary N) is 5. The zero-order valence-corrected chi connectivity index (χ0v) is 31.4. The number of alkyl carbamates (subject to hydrolysis) is 1. The molecule has 0 radical (unpaired) electrons. The Hall–Kier alpha value is -5.02. The fourth-order valence-electron chi connectivity index (χ4n) is 4.33. The molecule has 1 rings (SSSR count). The van der Waals surface area contributed by atoms with E-state index in [2.05, 4.69) is 26.6 Å². The Labute approximate surface area is 299 Å². The van der Waals surface area contributed by atoms with Crippen LogP contribution in [0.4, 0.5) is 4.79 Å². The number of carbonyl (C=O) groups excluding carboxylic acids is 8. The van der Waals surface area contributed by atoms with E-state index < -0.39 is 101 Å². The molecule has 0 saturated carbocycles. The molecule has 16 heteroatoms. The number of carbonyl (C=O) groups is 8. The summed E-state index contributed by atoms with van der Waals surface area (Å²) in [7, 11) is 2.89. The van der Waals surface area contributed by atoms with Gasteiger partial charge >= 0.3 is 12.1 Å². The molecule has 51 heavy (non-hydrogen) atoms. The third-order valence-electron chi connectivity index (χ3n) is 7.28. The van der Waals surface area contributed by atoms with Crippen LogP contribution in [-0.2, 0) is 49.6 Å². The molecule has 0 aliphatic rings. The summed E-state index contributed by atoms with van der Waals surface area (Å²) in [5.74, 6) is -6.95. The Balaban J connectivity index is 3.02. The van der Waals surface area contributed by atoms with Crippen LogP contribution < -0.4 is 26.6 Å². The SMILES string of the molecule is CC(NC(=O)C(=O)C(C)NC(=O)C(CC(=O)N(C)C)NC(=O)C(NC(=O)C(NC(=O)OC(C)(C)C)C(C)C)C(C)C)C(=O)OCc1ccccc1. The quantitative estimate of drug-likeness (QED) is 0.114. The Morgan fingerprint density at radius 3 is 1.73 bits per heavy atom. The first kappa shape index (κ1) is 44.0. The minimum atomic E-state index is -1.52. The lowest BCUT2D eigenvalue weighted by molar-refractivity contribution is -0.149. The summed E-state index contributed by atoms with van der Waals surface area (Å²) in [5, 5.41) is 12.2. The molecule has 6 amide bonds. The molecule has 0 fully saturated rings. The van der Waals surface area contributed by atoms with E-state index in [9.17, 15) is 38.4 Å². The highest BCUT2D eigenvalue weighted by atomic mass is 16.6. The molecule has 0 aliphatic carbocycles. The van der Waals surface area contributed by atoms with Crippen LogP contribution in [0.15, 0.2) is 30.3 Å². The number of Topliss-reactive ketones (excluding diaryl/α,β-unsaturated/α-hetero) is 1. The predicted octanol–water partition coefficient (Wildman–Crippen LogP) is 0.962. The number of benzene rings is 1. The van der Waals surface area contributed by atoms with Crippen molar-refractivity contribution >= 4 is 47.4 Å².